The molecule has 3 N–H and O–H groups in total. The third kappa shape index (κ3) is 0.829. The van der Waals surface area contributed by atoms with Crippen LogP contribution in [0, 0.1) is 5.41 Å². The Bertz CT molecular complexity index is 223. The van der Waals surface area contributed by atoms with Gasteiger partial charge in [0.2, 0.25) is 0 Å². The molecular weight excluding hydrogens is 154 g/mol. The molecule has 0 aliphatic heterocycles. The zero-order valence-electron chi connectivity index (χ0n) is 7.18. The summed E-state index contributed by atoms with van der Waals surface area (Å²) in [5, 5.41) is 9.05. The normalized spacial score (nSPS) is 38.1. The zero-order valence-corrected chi connectivity index (χ0v) is 7.18. The summed E-state index contributed by atoms with van der Waals surface area (Å²) in [6.07, 6.45) is 5.88. The fourth-order valence-corrected chi connectivity index (χ4v) is 2.54. The van der Waals surface area contributed by atoms with E-state index in [1.165, 1.54) is 0 Å². The predicted octanol–water partition coefficient (Wildman–Crippen LogP) is 1.12. The van der Waals surface area contributed by atoms with Crippen LogP contribution in [0.25, 0.3) is 0 Å². The fraction of sp³-hybridized carbons (Fsp3) is 0.889. The van der Waals surface area contributed by atoms with E-state index in [0.29, 0.717) is 6.42 Å². The molecular formula is C9H15NO2. The van der Waals surface area contributed by atoms with Crippen LogP contribution in [0.2, 0.25) is 0 Å². The highest BCUT2D eigenvalue weighted by atomic mass is 16.4. The van der Waals surface area contributed by atoms with Crippen molar-refractivity contribution >= 4 is 5.97 Å². The van der Waals surface area contributed by atoms with Gasteiger partial charge in [0.15, 0.2) is 0 Å². The Labute approximate surface area is 71.9 Å². The Balaban J connectivity index is 2.26. The zero-order chi connectivity index (χ0) is 8.82. The van der Waals surface area contributed by atoms with Crippen LogP contribution >= 0.6 is 0 Å². The van der Waals surface area contributed by atoms with Crippen molar-refractivity contribution in [1.82, 2.24) is 0 Å². The van der Waals surface area contributed by atoms with Crippen molar-refractivity contribution in [3.05, 3.63) is 0 Å². The van der Waals surface area contributed by atoms with Gasteiger partial charge in [-0.2, -0.15) is 0 Å². The Hall–Kier alpha value is -0.570. The Morgan fingerprint density at radius 1 is 1.17 bits per heavy atom. The number of hydrogen-bond donors (Lipinski definition) is 2. The number of carbonyl (C=O) groups is 1. The van der Waals surface area contributed by atoms with Gasteiger partial charge in [0.05, 0.1) is 0 Å². The summed E-state index contributed by atoms with van der Waals surface area (Å²) in [6.45, 7) is 0. The van der Waals surface area contributed by atoms with Gasteiger partial charge in [-0.1, -0.05) is 12.8 Å². The van der Waals surface area contributed by atoms with Crippen molar-refractivity contribution in [2.75, 3.05) is 0 Å². The second-order valence-electron chi connectivity index (χ2n) is 4.26. The molecule has 68 valence electrons. The van der Waals surface area contributed by atoms with Gasteiger partial charge >= 0.3 is 5.97 Å². The van der Waals surface area contributed by atoms with Crippen molar-refractivity contribution in [3.63, 3.8) is 0 Å². The standard InChI is InChI=1S/C9H15NO2/c10-9(7(11)12)4-2-1-3-8(9)5-6-8/h1-6,10H2,(H,11,12). The van der Waals surface area contributed by atoms with E-state index in [0.717, 1.165) is 32.1 Å². The minimum Gasteiger partial charge on any atom is -0.480 e. The highest BCUT2D eigenvalue weighted by Crippen LogP contribution is 2.60. The van der Waals surface area contributed by atoms with E-state index >= 15 is 0 Å². The summed E-state index contributed by atoms with van der Waals surface area (Å²) in [6, 6.07) is 0. The molecule has 0 heterocycles. The summed E-state index contributed by atoms with van der Waals surface area (Å²) < 4.78 is 0. The monoisotopic (exact) mass is 169 g/mol. The molecule has 0 aromatic carbocycles. The summed E-state index contributed by atoms with van der Waals surface area (Å²) in [7, 11) is 0. The maximum absolute atomic E-state index is 11.0. The third-order valence-corrected chi connectivity index (χ3v) is 3.66. The van der Waals surface area contributed by atoms with Gasteiger partial charge in [0.1, 0.15) is 5.54 Å². The van der Waals surface area contributed by atoms with Crippen molar-refractivity contribution in [1.29, 1.82) is 0 Å². The van der Waals surface area contributed by atoms with E-state index in [2.05, 4.69) is 0 Å². The van der Waals surface area contributed by atoms with E-state index in [1.54, 1.807) is 0 Å². The summed E-state index contributed by atoms with van der Waals surface area (Å²) in [5.41, 5.74) is 5.03. The van der Waals surface area contributed by atoms with Gasteiger partial charge in [-0.25, -0.2) is 0 Å². The lowest BCUT2D eigenvalue weighted by atomic mass is 9.70. The Morgan fingerprint density at radius 2 is 1.75 bits per heavy atom. The minimum absolute atomic E-state index is 0.0168. The number of rotatable bonds is 1. The number of nitrogens with two attached hydrogens (primary N) is 1. The Morgan fingerprint density at radius 3 is 2.17 bits per heavy atom. The first-order valence-corrected chi connectivity index (χ1v) is 4.63. The van der Waals surface area contributed by atoms with Crippen LogP contribution in [0.4, 0.5) is 0 Å². The van der Waals surface area contributed by atoms with E-state index in [1.807, 2.05) is 0 Å². The first kappa shape index (κ1) is 8.05. The topological polar surface area (TPSA) is 63.3 Å². The van der Waals surface area contributed by atoms with Crippen LogP contribution in [-0.2, 0) is 4.79 Å². The van der Waals surface area contributed by atoms with Crippen molar-refractivity contribution in [2.45, 2.75) is 44.1 Å². The molecule has 0 amide bonds. The van der Waals surface area contributed by atoms with Crippen LogP contribution in [0.1, 0.15) is 38.5 Å². The number of aliphatic carboxylic acids is 1. The molecule has 2 aliphatic rings. The van der Waals surface area contributed by atoms with Crippen LogP contribution in [0.15, 0.2) is 0 Å². The molecule has 2 aliphatic carbocycles. The van der Waals surface area contributed by atoms with Crippen LogP contribution < -0.4 is 5.73 Å². The number of hydrogen-bond acceptors (Lipinski definition) is 2. The minimum atomic E-state index is -0.898. The summed E-state index contributed by atoms with van der Waals surface area (Å²) >= 11 is 0. The molecule has 12 heavy (non-hydrogen) atoms. The molecule has 2 fully saturated rings. The number of carboxylic acid groups (broad SMARTS) is 1. The van der Waals surface area contributed by atoms with Gasteiger partial charge in [0.25, 0.3) is 0 Å². The first-order valence-electron chi connectivity index (χ1n) is 4.63. The lowest BCUT2D eigenvalue weighted by Crippen LogP contribution is -2.57. The SMILES string of the molecule is NC1(C(=O)O)CCCCC12CC2. The fourth-order valence-electron chi connectivity index (χ4n) is 2.54. The maximum atomic E-state index is 11.0. The van der Waals surface area contributed by atoms with Crippen molar-refractivity contribution in [3.8, 4) is 0 Å². The highest BCUT2D eigenvalue weighted by molar-refractivity contribution is 5.80. The van der Waals surface area contributed by atoms with Crippen LogP contribution in [-0.4, -0.2) is 16.6 Å². The molecule has 0 aromatic rings. The maximum Gasteiger partial charge on any atom is 0.324 e. The van der Waals surface area contributed by atoms with E-state index in [-0.39, 0.29) is 5.41 Å². The quantitative estimate of drug-likeness (QED) is 0.618. The third-order valence-electron chi connectivity index (χ3n) is 3.66. The smallest absolute Gasteiger partial charge is 0.324 e. The Kier molecular flexibility index (Phi) is 1.49. The van der Waals surface area contributed by atoms with Gasteiger partial charge < -0.3 is 10.8 Å². The lowest BCUT2D eigenvalue weighted by Gasteiger charge is -2.38. The average Bonchev–Trinajstić information content (AvgIpc) is 2.77. The number of carboxylic acids is 1. The molecule has 3 nitrogen and oxygen atoms in total. The van der Waals surface area contributed by atoms with E-state index in [4.69, 9.17) is 10.8 Å². The molecule has 3 heteroatoms. The van der Waals surface area contributed by atoms with Crippen molar-refractivity contribution < 1.29 is 9.90 Å². The molecule has 0 radical (unpaired) electrons. The van der Waals surface area contributed by atoms with E-state index < -0.39 is 11.5 Å². The lowest BCUT2D eigenvalue weighted by molar-refractivity contribution is -0.148. The van der Waals surface area contributed by atoms with Gasteiger partial charge in [0, 0.05) is 0 Å². The first-order chi connectivity index (χ1) is 5.61. The average molecular weight is 169 g/mol. The highest BCUT2D eigenvalue weighted by Gasteiger charge is 2.61. The molecule has 0 aromatic heterocycles. The second-order valence-corrected chi connectivity index (χ2v) is 4.26. The predicted molar refractivity (Wildman–Crippen MR) is 44.7 cm³/mol. The molecule has 1 atom stereocenters. The molecule has 1 spiro atoms. The van der Waals surface area contributed by atoms with Crippen LogP contribution in [0.5, 0.6) is 0 Å². The molecule has 2 saturated carbocycles. The van der Waals surface area contributed by atoms with E-state index in [9.17, 15) is 4.79 Å². The van der Waals surface area contributed by atoms with Crippen molar-refractivity contribution in [2.24, 2.45) is 11.1 Å². The van der Waals surface area contributed by atoms with Gasteiger partial charge in [-0.3, -0.25) is 4.79 Å². The molecule has 0 bridgehead atoms. The molecule has 2 rings (SSSR count). The summed E-state index contributed by atoms with van der Waals surface area (Å²) in [4.78, 5) is 11.0. The van der Waals surface area contributed by atoms with Gasteiger partial charge in [-0.15, -0.1) is 0 Å². The summed E-state index contributed by atoms with van der Waals surface area (Å²) in [5.74, 6) is -0.792. The van der Waals surface area contributed by atoms with Crippen LogP contribution in [0.3, 0.4) is 0 Å². The largest absolute Gasteiger partial charge is 0.480 e. The second kappa shape index (κ2) is 2.22. The molecule has 0 saturated heterocycles. The van der Waals surface area contributed by atoms with Gasteiger partial charge in [-0.05, 0) is 31.1 Å². The molecule has 1 unspecified atom stereocenters.